The molecular weight excluding hydrogens is 396 g/mol. The molecule has 1 aliphatic carbocycles. The Morgan fingerprint density at radius 2 is 2.00 bits per heavy atom. The van der Waals surface area contributed by atoms with E-state index in [0.29, 0.717) is 12.8 Å². The van der Waals surface area contributed by atoms with Gasteiger partial charge in [0.05, 0.1) is 17.1 Å². The fourth-order valence-corrected chi connectivity index (χ4v) is 5.56. The van der Waals surface area contributed by atoms with Crippen molar-refractivity contribution >= 4 is 35.3 Å². The largest absolute Gasteiger partial charge is 0.481 e. The number of carbonyl (C=O) groups excluding carboxylic acids is 1. The lowest BCUT2D eigenvalue weighted by molar-refractivity contribution is -0.133. The minimum Gasteiger partial charge on any atom is -0.481 e. The van der Waals surface area contributed by atoms with Gasteiger partial charge >= 0.3 is 5.97 Å². The van der Waals surface area contributed by atoms with Crippen LogP contribution in [0.15, 0.2) is 42.5 Å². The van der Waals surface area contributed by atoms with E-state index in [1.807, 2.05) is 36.4 Å². The van der Waals surface area contributed by atoms with Crippen molar-refractivity contribution in [3.63, 3.8) is 0 Å². The van der Waals surface area contributed by atoms with Crippen molar-refractivity contribution in [2.24, 2.45) is 11.8 Å². The number of allylic oxidation sites excluding steroid dienone is 1. The Labute approximate surface area is 174 Å². The van der Waals surface area contributed by atoms with Gasteiger partial charge in [0, 0.05) is 25.4 Å². The number of rotatable bonds is 12. The number of aliphatic hydroxyl groups excluding tert-OH is 2. The zero-order valence-electron chi connectivity index (χ0n) is 15.8. The van der Waals surface area contributed by atoms with Crippen LogP contribution < -0.4 is 0 Å². The van der Waals surface area contributed by atoms with Crippen molar-refractivity contribution in [2.75, 3.05) is 23.9 Å². The minimum atomic E-state index is -0.811. The summed E-state index contributed by atoms with van der Waals surface area (Å²) in [5, 5.41) is 28.4. The maximum Gasteiger partial charge on any atom is 0.313 e. The molecular formula is C21H28O5S2. The van der Waals surface area contributed by atoms with E-state index in [2.05, 4.69) is 0 Å². The van der Waals surface area contributed by atoms with Gasteiger partial charge in [0.25, 0.3) is 0 Å². The van der Waals surface area contributed by atoms with Gasteiger partial charge < -0.3 is 15.3 Å². The Bertz CT molecular complexity index is 649. The second-order valence-corrected chi connectivity index (χ2v) is 9.28. The fraction of sp³-hybridized carbons (Fsp3) is 0.524. The summed E-state index contributed by atoms with van der Waals surface area (Å²) in [7, 11) is 0. The molecule has 0 radical (unpaired) electrons. The van der Waals surface area contributed by atoms with E-state index in [9.17, 15) is 19.8 Å². The summed E-state index contributed by atoms with van der Waals surface area (Å²) in [6.45, 7) is -0.0406. The molecule has 1 saturated carbocycles. The molecule has 4 atom stereocenters. The van der Waals surface area contributed by atoms with Gasteiger partial charge in [-0.2, -0.15) is 11.8 Å². The third-order valence-corrected chi connectivity index (χ3v) is 7.20. The maximum absolute atomic E-state index is 12.4. The molecule has 1 fully saturated rings. The molecule has 0 heterocycles. The number of thioether (sulfide) groups is 2. The highest BCUT2D eigenvalue weighted by Crippen LogP contribution is 2.38. The van der Waals surface area contributed by atoms with Crippen LogP contribution in [0.25, 0.3) is 0 Å². The zero-order valence-corrected chi connectivity index (χ0v) is 17.4. The first-order chi connectivity index (χ1) is 13.5. The van der Waals surface area contributed by atoms with Crippen LogP contribution in [0, 0.1) is 11.8 Å². The predicted molar refractivity (Wildman–Crippen MR) is 115 cm³/mol. The molecule has 4 unspecified atom stereocenters. The van der Waals surface area contributed by atoms with Crippen LogP contribution in [-0.2, 0) is 16.0 Å². The highest BCUT2D eigenvalue weighted by molar-refractivity contribution is 8.01. The summed E-state index contributed by atoms with van der Waals surface area (Å²) < 4.78 is 0. The number of carboxylic acids is 1. The number of hydrogen-bond acceptors (Lipinski definition) is 6. The SMILES string of the molecule is O=C(O)CSCCCSC1C(=O)CC(CO)C1/C=C/C(O)Cc1ccccc1. The molecule has 0 saturated heterocycles. The van der Waals surface area contributed by atoms with Gasteiger partial charge in [0.1, 0.15) is 5.78 Å². The molecule has 5 nitrogen and oxygen atoms in total. The summed E-state index contributed by atoms with van der Waals surface area (Å²) in [4.78, 5) is 22.9. The number of carbonyl (C=O) groups is 2. The molecule has 1 aromatic carbocycles. The normalized spacial score (nSPS) is 23.4. The van der Waals surface area contributed by atoms with Crippen molar-refractivity contribution < 1.29 is 24.9 Å². The van der Waals surface area contributed by atoms with E-state index in [1.54, 1.807) is 17.8 Å². The molecule has 2 rings (SSSR count). The second-order valence-electron chi connectivity index (χ2n) is 6.92. The molecule has 0 bridgehead atoms. The minimum absolute atomic E-state index is 0.0406. The lowest BCUT2D eigenvalue weighted by Gasteiger charge is -2.19. The predicted octanol–water partition coefficient (Wildman–Crippen LogP) is 2.65. The van der Waals surface area contributed by atoms with Crippen molar-refractivity contribution in [1.82, 2.24) is 0 Å². The van der Waals surface area contributed by atoms with Gasteiger partial charge in [0.2, 0.25) is 0 Å². The summed E-state index contributed by atoms with van der Waals surface area (Å²) in [5.41, 5.74) is 1.05. The first-order valence-corrected chi connectivity index (χ1v) is 11.7. The average molecular weight is 425 g/mol. The third kappa shape index (κ3) is 7.62. The van der Waals surface area contributed by atoms with E-state index in [1.165, 1.54) is 11.8 Å². The summed E-state index contributed by atoms with van der Waals surface area (Å²) in [5.74, 6) is 0.775. The Balaban J connectivity index is 1.86. The topological polar surface area (TPSA) is 94.8 Å². The van der Waals surface area contributed by atoms with Crippen LogP contribution in [0.1, 0.15) is 18.4 Å². The first-order valence-electron chi connectivity index (χ1n) is 9.46. The number of aliphatic hydroxyl groups is 2. The Kier molecular flexibility index (Phi) is 10.1. The highest BCUT2D eigenvalue weighted by Gasteiger charge is 2.40. The van der Waals surface area contributed by atoms with E-state index < -0.39 is 12.1 Å². The van der Waals surface area contributed by atoms with Crippen LogP contribution in [0.2, 0.25) is 0 Å². The zero-order chi connectivity index (χ0) is 20.4. The fourth-order valence-electron chi connectivity index (χ4n) is 3.33. The molecule has 1 aromatic rings. The van der Waals surface area contributed by atoms with Crippen LogP contribution >= 0.6 is 23.5 Å². The number of ketones is 1. The quantitative estimate of drug-likeness (QED) is 0.351. The van der Waals surface area contributed by atoms with Crippen LogP contribution in [0.4, 0.5) is 0 Å². The Hall–Kier alpha value is -1.28. The molecule has 7 heteroatoms. The monoisotopic (exact) mass is 424 g/mol. The molecule has 28 heavy (non-hydrogen) atoms. The number of aliphatic carboxylic acids is 1. The number of carboxylic acid groups (broad SMARTS) is 1. The summed E-state index contributed by atoms with van der Waals surface area (Å²) in [6, 6.07) is 9.74. The van der Waals surface area contributed by atoms with Gasteiger partial charge in [0.15, 0.2) is 0 Å². The van der Waals surface area contributed by atoms with Gasteiger partial charge in [-0.05, 0) is 29.4 Å². The Morgan fingerprint density at radius 3 is 2.68 bits per heavy atom. The lowest BCUT2D eigenvalue weighted by atomic mass is 9.95. The van der Waals surface area contributed by atoms with Gasteiger partial charge in [-0.1, -0.05) is 42.5 Å². The second kappa shape index (κ2) is 12.3. The molecule has 1 aliphatic rings. The van der Waals surface area contributed by atoms with Crippen LogP contribution in [0.5, 0.6) is 0 Å². The molecule has 0 aromatic heterocycles. The van der Waals surface area contributed by atoms with Crippen molar-refractivity contribution in [3.8, 4) is 0 Å². The lowest BCUT2D eigenvalue weighted by Crippen LogP contribution is -2.21. The number of Topliss-reactive ketones (excluding diaryl/α,β-unsaturated/α-hetero) is 1. The van der Waals surface area contributed by atoms with Crippen LogP contribution in [-0.4, -0.2) is 62.3 Å². The van der Waals surface area contributed by atoms with E-state index in [0.717, 1.165) is 23.5 Å². The molecule has 0 aliphatic heterocycles. The van der Waals surface area contributed by atoms with Crippen LogP contribution in [0.3, 0.4) is 0 Å². The van der Waals surface area contributed by atoms with E-state index in [-0.39, 0.29) is 35.2 Å². The highest BCUT2D eigenvalue weighted by atomic mass is 32.2. The summed E-state index contributed by atoms with van der Waals surface area (Å²) >= 11 is 2.96. The first kappa shape index (κ1) is 23.0. The van der Waals surface area contributed by atoms with Crippen molar-refractivity contribution in [1.29, 1.82) is 0 Å². The number of hydrogen-bond donors (Lipinski definition) is 3. The molecule has 154 valence electrons. The molecule has 0 amide bonds. The standard InChI is InChI=1S/C21H28O5S2/c22-13-16-12-19(24)21(28-10-4-9-27-14-20(25)26)18(16)8-7-17(23)11-15-5-2-1-3-6-15/h1-3,5-8,16-18,21-23H,4,9-14H2,(H,25,26)/b8-7+. The molecule has 3 N–H and O–H groups in total. The Morgan fingerprint density at radius 1 is 1.25 bits per heavy atom. The van der Waals surface area contributed by atoms with Crippen molar-refractivity contribution in [2.45, 2.75) is 30.6 Å². The molecule has 0 spiro atoms. The van der Waals surface area contributed by atoms with Gasteiger partial charge in [-0.15, -0.1) is 11.8 Å². The third-order valence-electron chi connectivity index (χ3n) is 4.71. The smallest absolute Gasteiger partial charge is 0.313 e. The van der Waals surface area contributed by atoms with Crippen molar-refractivity contribution in [3.05, 3.63) is 48.0 Å². The van der Waals surface area contributed by atoms with Gasteiger partial charge in [-0.3, -0.25) is 9.59 Å². The van der Waals surface area contributed by atoms with Gasteiger partial charge in [-0.25, -0.2) is 0 Å². The summed E-state index contributed by atoms with van der Waals surface area (Å²) in [6.07, 6.45) is 4.73. The number of benzene rings is 1. The average Bonchev–Trinajstić information content (AvgIpc) is 2.98. The van der Waals surface area contributed by atoms with E-state index in [4.69, 9.17) is 5.11 Å². The van der Waals surface area contributed by atoms with E-state index >= 15 is 0 Å². The maximum atomic E-state index is 12.4.